The van der Waals surface area contributed by atoms with Gasteiger partial charge >= 0.3 is 5.97 Å². The number of nitrogens with zero attached hydrogens (tertiary/aromatic N) is 1. The summed E-state index contributed by atoms with van der Waals surface area (Å²) in [6.45, 7) is 4.80. The van der Waals surface area contributed by atoms with Crippen LogP contribution in [0.5, 0.6) is 0 Å². The van der Waals surface area contributed by atoms with Gasteiger partial charge in [0, 0.05) is 35.1 Å². The van der Waals surface area contributed by atoms with Gasteiger partial charge in [-0.3, -0.25) is 9.69 Å². The van der Waals surface area contributed by atoms with Crippen molar-refractivity contribution < 1.29 is 14.3 Å². The molecule has 0 saturated carbocycles. The van der Waals surface area contributed by atoms with Crippen molar-refractivity contribution in [3.8, 4) is 0 Å². The fourth-order valence-corrected chi connectivity index (χ4v) is 2.76. The molecule has 0 aliphatic carbocycles. The first-order valence-electron chi connectivity index (χ1n) is 7.55. The molecule has 6 heteroatoms. The van der Waals surface area contributed by atoms with Gasteiger partial charge in [-0.25, -0.2) is 0 Å². The lowest BCUT2D eigenvalue weighted by molar-refractivity contribution is -0.145. The lowest BCUT2D eigenvalue weighted by atomic mass is 10.2. The summed E-state index contributed by atoms with van der Waals surface area (Å²) in [6, 6.07) is 5.16. The minimum absolute atomic E-state index is 0.187. The standard InChI is InChI=1S/C16H21Cl2NO3/c17-14-5-4-13(15(18)11-14)12-22-16(20)3-1-2-6-19-7-9-21-10-8-19/h4-5,11H,1-3,6-10,12H2. The molecule has 1 fully saturated rings. The van der Waals surface area contributed by atoms with Gasteiger partial charge in [-0.1, -0.05) is 29.3 Å². The van der Waals surface area contributed by atoms with Crippen molar-refractivity contribution in [3.63, 3.8) is 0 Å². The van der Waals surface area contributed by atoms with Crippen LogP contribution in [0.1, 0.15) is 24.8 Å². The van der Waals surface area contributed by atoms with E-state index in [0.29, 0.717) is 16.5 Å². The molecule has 0 unspecified atom stereocenters. The molecule has 22 heavy (non-hydrogen) atoms. The molecule has 0 aromatic heterocycles. The number of esters is 1. The largest absolute Gasteiger partial charge is 0.461 e. The topological polar surface area (TPSA) is 38.8 Å². The van der Waals surface area contributed by atoms with Gasteiger partial charge in [0.05, 0.1) is 13.2 Å². The number of unbranched alkanes of at least 4 members (excludes halogenated alkanes) is 1. The molecular formula is C16H21Cl2NO3. The number of morpholine rings is 1. The third-order valence-electron chi connectivity index (χ3n) is 3.61. The lowest BCUT2D eigenvalue weighted by Crippen LogP contribution is -2.36. The molecule has 0 N–H and O–H groups in total. The van der Waals surface area contributed by atoms with E-state index in [0.717, 1.165) is 51.3 Å². The second kappa shape index (κ2) is 9.36. The van der Waals surface area contributed by atoms with E-state index >= 15 is 0 Å². The number of hydrogen-bond donors (Lipinski definition) is 0. The maximum Gasteiger partial charge on any atom is 0.306 e. The Morgan fingerprint density at radius 2 is 2.00 bits per heavy atom. The molecule has 0 radical (unpaired) electrons. The molecule has 1 aliphatic heterocycles. The molecule has 1 saturated heterocycles. The number of hydrogen-bond acceptors (Lipinski definition) is 4. The predicted molar refractivity (Wildman–Crippen MR) is 87.4 cm³/mol. The van der Waals surface area contributed by atoms with Gasteiger partial charge < -0.3 is 9.47 Å². The van der Waals surface area contributed by atoms with Crippen molar-refractivity contribution in [2.45, 2.75) is 25.9 Å². The van der Waals surface area contributed by atoms with Crippen LogP contribution >= 0.6 is 23.2 Å². The molecule has 1 aliphatic rings. The lowest BCUT2D eigenvalue weighted by Gasteiger charge is -2.26. The zero-order valence-corrected chi connectivity index (χ0v) is 14.0. The van der Waals surface area contributed by atoms with E-state index in [1.165, 1.54) is 0 Å². The molecule has 1 aromatic rings. The first kappa shape index (κ1) is 17.5. The Labute approximate surface area is 141 Å². The Hall–Kier alpha value is -0.810. The van der Waals surface area contributed by atoms with Crippen molar-refractivity contribution in [2.75, 3.05) is 32.8 Å². The van der Waals surface area contributed by atoms with Gasteiger partial charge in [-0.15, -0.1) is 0 Å². The molecule has 2 rings (SSSR count). The maximum absolute atomic E-state index is 11.7. The summed E-state index contributed by atoms with van der Waals surface area (Å²) >= 11 is 11.9. The van der Waals surface area contributed by atoms with Crippen LogP contribution in [0.3, 0.4) is 0 Å². The van der Waals surface area contributed by atoms with Crippen LogP contribution < -0.4 is 0 Å². The number of carbonyl (C=O) groups is 1. The van der Waals surface area contributed by atoms with E-state index < -0.39 is 0 Å². The minimum atomic E-state index is -0.187. The van der Waals surface area contributed by atoms with Gasteiger partial charge in [-0.2, -0.15) is 0 Å². The Kier molecular flexibility index (Phi) is 7.46. The van der Waals surface area contributed by atoms with E-state index in [-0.39, 0.29) is 12.6 Å². The molecule has 0 bridgehead atoms. The highest BCUT2D eigenvalue weighted by Crippen LogP contribution is 2.21. The van der Waals surface area contributed by atoms with Crippen LogP contribution in [0.15, 0.2) is 18.2 Å². The molecule has 122 valence electrons. The Balaban J connectivity index is 1.59. The van der Waals surface area contributed by atoms with E-state index in [9.17, 15) is 4.79 Å². The highest BCUT2D eigenvalue weighted by Gasteiger charge is 2.10. The third-order valence-corrected chi connectivity index (χ3v) is 4.20. The van der Waals surface area contributed by atoms with Crippen LogP contribution in [-0.2, 0) is 20.9 Å². The monoisotopic (exact) mass is 345 g/mol. The zero-order chi connectivity index (χ0) is 15.8. The SMILES string of the molecule is O=C(CCCCN1CCOCC1)OCc1ccc(Cl)cc1Cl. The van der Waals surface area contributed by atoms with E-state index in [1.54, 1.807) is 18.2 Å². The first-order valence-corrected chi connectivity index (χ1v) is 8.30. The Morgan fingerprint density at radius 1 is 1.23 bits per heavy atom. The second-order valence-corrected chi connectivity index (χ2v) is 6.15. The molecule has 1 heterocycles. The fraction of sp³-hybridized carbons (Fsp3) is 0.562. The highest BCUT2D eigenvalue weighted by molar-refractivity contribution is 6.35. The van der Waals surface area contributed by atoms with Crippen LogP contribution in [-0.4, -0.2) is 43.7 Å². The number of rotatable bonds is 7. The second-order valence-electron chi connectivity index (χ2n) is 5.31. The third kappa shape index (κ3) is 6.13. The summed E-state index contributed by atoms with van der Waals surface area (Å²) in [6.07, 6.45) is 2.27. The Morgan fingerprint density at radius 3 is 2.73 bits per heavy atom. The van der Waals surface area contributed by atoms with E-state index in [2.05, 4.69) is 4.90 Å². The minimum Gasteiger partial charge on any atom is -0.461 e. The van der Waals surface area contributed by atoms with Crippen molar-refractivity contribution in [3.05, 3.63) is 33.8 Å². The van der Waals surface area contributed by atoms with Gasteiger partial charge in [0.1, 0.15) is 6.61 Å². The van der Waals surface area contributed by atoms with Crippen molar-refractivity contribution in [1.29, 1.82) is 0 Å². The van der Waals surface area contributed by atoms with Crippen molar-refractivity contribution >= 4 is 29.2 Å². The van der Waals surface area contributed by atoms with Gasteiger partial charge in [-0.05, 0) is 31.5 Å². The summed E-state index contributed by atoms with van der Waals surface area (Å²) < 4.78 is 10.5. The van der Waals surface area contributed by atoms with Crippen molar-refractivity contribution in [2.24, 2.45) is 0 Å². The number of ether oxygens (including phenoxy) is 2. The molecule has 4 nitrogen and oxygen atoms in total. The van der Waals surface area contributed by atoms with Crippen LogP contribution in [0, 0.1) is 0 Å². The molecule has 0 amide bonds. The Bertz CT molecular complexity index is 490. The van der Waals surface area contributed by atoms with Crippen LogP contribution in [0.25, 0.3) is 0 Å². The maximum atomic E-state index is 11.7. The summed E-state index contributed by atoms with van der Waals surface area (Å²) in [4.78, 5) is 14.1. The number of halogens is 2. The van der Waals surface area contributed by atoms with Crippen LogP contribution in [0.2, 0.25) is 10.0 Å². The van der Waals surface area contributed by atoms with Gasteiger partial charge in [0.25, 0.3) is 0 Å². The number of carbonyl (C=O) groups excluding carboxylic acids is 1. The predicted octanol–water partition coefficient (Wildman–Crippen LogP) is 3.54. The number of benzene rings is 1. The van der Waals surface area contributed by atoms with E-state index in [4.69, 9.17) is 32.7 Å². The molecular weight excluding hydrogens is 325 g/mol. The van der Waals surface area contributed by atoms with Gasteiger partial charge in [0.15, 0.2) is 0 Å². The average Bonchev–Trinajstić information content (AvgIpc) is 2.52. The summed E-state index contributed by atoms with van der Waals surface area (Å²) in [7, 11) is 0. The molecule has 1 aromatic carbocycles. The molecule has 0 spiro atoms. The summed E-state index contributed by atoms with van der Waals surface area (Å²) in [5.74, 6) is -0.187. The zero-order valence-electron chi connectivity index (χ0n) is 12.5. The van der Waals surface area contributed by atoms with E-state index in [1.807, 2.05) is 0 Å². The smallest absolute Gasteiger partial charge is 0.306 e. The fourth-order valence-electron chi connectivity index (χ4n) is 2.30. The normalized spacial score (nSPS) is 15.7. The summed E-state index contributed by atoms with van der Waals surface area (Å²) in [5, 5.41) is 1.09. The quantitative estimate of drug-likeness (QED) is 0.559. The van der Waals surface area contributed by atoms with Gasteiger partial charge in [0.2, 0.25) is 0 Å². The average molecular weight is 346 g/mol. The van der Waals surface area contributed by atoms with Crippen molar-refractivity contribution in [1.82, 2.24) is 4.90 Å². The molecule has 0 atom stereocenters. The summed E-state index contributed by atoms with van der Waals surface area (Å²) in [5.41, 5.74) is 0.771. The first-order chi connectivity index (χ1) is 10.6. The highest BCUT2D eigenvalue weighted by atomic mass is 35.5. The van der Waals surface area contributed by atoms with Crippen LogP contribution in [0.4, 0.5) is 0 Å².